The van der Waals surface area contributed by atoms with Crippen molar-refractivity contribution in [3.05, 3.63) is 34.3 Å². The number of hydrogen-bond donors (Lipinski definition) is 3. The molecule has 19 heavy (non-hydrogen) atoms. The lowest BCUT2D eigenvalue weighted by Crippen LogP contribution is -2.48. The minimum Gasteiger partial charge on any atom is -0.408 e. The Labute approximate surface area is 110 Å². The van der Waals surface area contributed by atoms with E-state index in [0.717, 1.165) is 37.3 Å². The van der Waals surface area contributed by atoms with Crippen molar-refractivity contribution >= 4 is 11.1 Å². The van der Waals surface area contributed by atoms with Gasteiger partial charge in [-0.25, -0.2) is 4.79 Å². The third-order valence-corrected chi connectivity index (χ3v) is 3.55. The topological polar surface area (TPSA) is 73.3 Å². The van der Waals surface area contributed by atoms with Crippen LogP contribution in [-0.4, -0.2) is 43.1 Å². The fourth-order valence-electron chi connectivity index (χ4n) is 2.63. The summed E-state index contributed by atoms with van der Waals surface area (Å²) in [6, 6.07) is 5.84. The molecule has 0 saturated carbocycles. The summed E-state index contributed by atoms with van der Waals surface area (Å²) in [7, 11) is 1.95. The van der Waals surface area contributed by atoms with Crippen LogP contribution in [0.15, 0.2) is 27.4 Å². The maximum absolute atomic E-state index is 11.2. The molecule has 6 nitrogen and oxygen atoms in total. The molecule has 0 spiro atoms. The molecule has 6 heteroatoms. The minimum atomic E-state index is -0.407. The first kappa shape index (κ1) is 12.4. The van der Waals surface area contributed by atoms with Crippen LogP contribution in [0.3, 0.4) is 0 Å². The maximum atomic E-state index is 11.2. The van der Waals surface area contributed by atoms with Crippen LogP contribution in [0.2, 0.25) is 0 Å². The van der Waals surface area contributed by atoms with Crippen LogP contribution >= 0.6 is 0 Å². The van der Waals surface area contributed by atoms with Crippen molar-refractivity contribution in [1.82, 2.24) is 20.5 Å². The second-order valence-electron chi connectivity index (χ2n) is 4.75. The Morgan fingerprint density at radius 1 is 1.37 bits per heavy atom. The zero-order valence-electron chi connectivity index (χ0n) is 10.9. The first-order valence-electron chi connectivity index (χ1n) is 6.53. The molecular formula is C13H18N4O2. The Hall–Kier alpha value is -1.63. The van der Waals surface area contributed by atoms with Crippen molar-refractivity contribution in [1.29, 1.82) is 0 Å². The van der Waals surface area contributed by atoms with Gasteiger partial charge in [0.25, 0.3) is 0 Å². The first-order chi connectivity index (χ1) is 9.28. The fourth-order valence-corrected chi connectivity index (χ4v) is 2.63. The highest BCUT2D eigenvalue weighted by Gasteiger charge is 2.21. The molecule has 102 valence electrons. The monoisotopic (exact) mass is 262 g/mol. The largest absolute Gasteiger partial charge is 0.417 e. The van der Waals surface area contributed by atoms with Crippen molar-refractivity contribution in [3.8, 4) is 0 Å². The third kappa shape index (κ3) is 2.42. The van der Waals surface area contributed by atoms with Crippen LogP contribution < -0.4 is 16.4 Å². The van der Waals surface area contributed by atoms with Gasteiger partial charge in [0.2, 0.25) is 0 Å². The van der Waals surface area contributed by atoms with Crippen LogP contribution in [0.25, 0.3) is 11.1 Å². The lowest BCUT2D eigenvalue weighted by Gasteiger charge is -2.34. The number of piperazine rings is 1. The molecule has 0 bridgehead atoms. The molecule has 0 amide bonds. The highest BCUT2D eigenvalue weighted by atomic mass is 16.4. The van der Waals surface area contributed by atoms with Crippen LogP contribution in [0.1, 0.15) is 11.7 Å². The molecule has 1 saturated heterocycles. The Morgan fingerprint density at radius 3 is 2.89 bits per heavy atom. The number of H-pyrrole nitrogens is 1. The number of rotatable bonds is 3. The summed E-state index contributed by atoms with van der Waals surface area (Å²) in [5, 5.41) is 6.67. The molecule has 1 fully saturated rings. The van der Waals surface area contributed by atoms with Crippen molar-refractivity contribution in [2.75, 3.05) is 33.2 Å². The van der Waals surface area contributed by atoms with E-state index in [2.05, 4.69) is 20.5 Å². The van der Waals surface area contributed by atoms with Gasteiger partial charge in [-0.05, 0) is 24.7 Å². The van der Waals surface area contributed by atoms with E-state index in [1.54, 1.807) is 0 Å². The molecule has 0 radical (unpaired) electrons. The van der Waals surface area contributed by atoms with Gasteiger partial charge in [0.1, 0.15) is 0 Å². The van der Waals surface area contributed by atoms with Gasteiger partial charge in [-0.3, -0.25) is 9.88 Å². The predicted octanol–water partition coefficient (Wildman–Crippen LogP) is 0.244. The molecule has 1 aromatic carbocycles. The van der Waals surface area contributed by atoms with E-state index in [-0.39, 0.29) is 6.17 Å². The molecule has 3 N–H and O–H groups in total. The van der Waals surface area contributed by atoms with Crippen molar-refractivity contribution < 1.29 is 4.42 Å². The third-order valence-electron chi connectivity index (χ3n) is 3.55. The lowest BCUT2D eigenvalue weighted by molar-refractivity contribution is 0.153. The van der Waals surface area contributed by atoms with E-state index in [1.807, 2.05) is 25.2 Å². The maximum Gasteiger partial charge on any atom is 0.417 e. The minimum absolute atomic E-state index is 0.145. The fraction of sp³-hybridized carbons (Fsp3) is 0.462. The quantitative estimate of drug-likeness (QED) is 0.739. The molecule has 3 rings (SSSR count). The number of aromatic nitrogens is 1. The Balaban J connectivity index is 1.93. The Bertz CT molecular complexity index is 612. The SMILES string of the molecule is CNC(c1ccc2[nH]c(=O)oc2c1)N1CCNCC1. The number of fused-ring (bicyclic) bond motifs is 1. The predicted molar refractivity (Wildman–Crippen MR) is 73.1 cm³/mol. The van der Waals surface area contributed by atoms with E-state index in [4.69, 9.17) is 4.42 Å². The standard InChI is InChI=1S/C13H18N4O2/c1-14-12(17-6-4-15-5-7-17)9-2-3-10-11(8-9)19-13(18)16-10/h2-3,8,12,14-15H,4-7H2,1H3,(H,16,18). The van der Waals surface area contributed by atoms with Gasteiger partial charge in [-0.15, -0.1) is 0 Å². The van der Waals surface area contributed by atoms with Crippen molar-refractivity contribution in [3.63, 3.8) is 0 Å². The van der Waals surface area contributed by atoms with E-state index in [1.165, 1.54) is 0 Å². The van der Waals surface area contributed by atoms with E-state index < -0.39 is 5.76 Å². The number of benzene rings is 1. The molecule has 2 heterocycles. The summed E-state index contributed by atoms with van der Waals surface area (Å²) < 4.78 is 5.12. The highest BCUT2D eigenvalue weighted by Crippen LogP contribution is 2.21. The summed E-state index contributed by atoms with van der Waals surface area (Å²) in [4.78, 5) is 16.2. The van der Waals surface area contributed by atoms with Gasteiger partial charge in [0.15, 0.2) is 5.58 Å². The first-order valence-corrected chi connectivity index (χ1v) is 6.53. The van der Waals surface area contributed by atoms with Crippen LogP contribution in [0, 0.1) is 0 Å². The van der Waals surface area contributed by atoms with Gasteiger partial charge < -0.3 is 15.1 Å². The average molecular weight is 262 g/mol. The second kappa shape index (κ2) is 5.16. The smallest absolute Gasteiger partial charge is 0.408 e. The molecule has 1 atom stereocenters. The van der Waals surface area contributed by atoms with Crippen molar-refractivity contribution in [2.24, 2.45) is 0 Å². The molecule has 1 aromatic heterocycles. The number of oxazole rings is 1. The zero-order chi connectivity index (χ0) is 13.2. The molecule has 1 aliphatic rings. The number of nitrogens with one attached hydrogen (secondary N) is 3. The van der Waals surface area contributed by atoms with Gasteiger partial charge in [0, 0.05) is 26.2 Å². The van der Waals surface area contributed by atoms with Crippen LogP contribution in [0.5, 0.6) is 0 Å². The van der Waals surface area contributed by atoms with Gasteiger partial charge in [-0.2, -0.15) is 0 Å². The lowest BCUT2D eigenvalue weighted by atomic mass is 10.1. The number of nitrogens with zero attached hydrogens (tertiary/aromatic N) is 1. The van der Waals surface area contributed by atoms with Crippen LogP contribution in [0.4, 0.5) is 0 Å². The molecule has 1 unspecified atom stereocenters. The van der Waals surface area contributed by atoms with E-state index >= 15 is 0 Å². The average Bonchev–Trinajstić information content (AvgIpc) is 2.80. The second-order valence-corrected chi connectivity index (χ2v) is 4.75. The summed E-state index contributed by atoms with van der Waals surface area (Å²) in [6.45, 7) is 4.00. The normalized spacial score (nSPS) is 18.8. The Morgan fingerprint density at radius 2 is 2.16 bits per heavy atom. The summed E-state index contributed by atoms with van der Waals surface area (Å²) in [5.74, 6) is -0.407. The Kier molecular flexibility index (Phi) is 3.37. The van der Waals surface area contributed by atoms with E-state index in [0.29, 0.717) is 5.58 Å². The summed E-state index contributed by atoms with van der Waals surface area (Å²) in [6.07, 6.45) is 0.145. The number of aromatic amines is 1. The van der Waals surface area contributed by atoms with Crippen molar-refractivity contribution in [2.45, 2.75) is 6.17 Å². The molecule has 0 aliphatic carbocycles. The number of hydrogen-bond acceptors (Lipinski definition) is 5. The van der Waals surface area contributed by atoms with Gasteiger partial charge in [0.05, 0.1) is 11.7 Å². The molecule has 1 aliphatic heterocycles. The highest BCUT2D eigenvalue weighted by molar-refractivity contribution is 5.72. The van der Waals surface area contributed by atoms with Gasteiger partial charge >= 0.3 is 5.76 Å². The molecule has 2 aromatic rings. The van der Waals surface area contributed by atoms with E-state index in [9.17, 15) is 4.79 Å². The van der Waals surface area contributed by atoms with Crippen LogP contribution in [-0.2, 0) is 0 Å². The summed E-state index contributed by atoms with van der Waals surface area (Å²) >= 11 is 0. The van der Waals surface area contributed by atoms with Gasteiger partial charge in [-0.1, -0.05) is 6.07 Å². The zero-order valence-corrected chi connectivity index (χ0v) is 10.9. The molecular weight excluding hydrogens is 244 g/mol. The summed E-state index contributed by atoms with van der Waals surface area (Å²) in [5.41, 5.74) is 2.46.